The van der Waals surface area contributed by atoms with Gasteiger partial charge in [0.25, 0.3) is 0 Å². The molecule has 16 heavy (non-hydrogen) atoms. The second-order valence-corrected chi connectivity index (χ2v) is 5.84. The van der Waals surface area contributed by atoms with Crippen molar-refractivity contribution in [3.05, 3.63) is 18.2 Å². The van der Waals surface area contributed by atoms with Crippen molar-refractivity contribution in [1.29, 1.82) is 0 Å². The monoisotopic (exact) mass is 222 g/mol. The summed E-state index contributed by atoms with van der Waals surface area (Å²) >= 11 is 0. The van der Waals surface area contributed by atoms with Gasteiger partial charge in [-0.2, -0.15) is 0 Å². The fraction of sp³-hybridized carbons (Fsp3) is 0.769. The molecule has 90 valence electrons. The number of aliphatic hydroxyl groups is 1. The van der Waals surface area contributed by atoms with Gasteiger partial charge in [-0.15, -0.1) is 0 Å². The maximum absolute atomic E-state index is 10.3. The van der Waals surface area contributed by atoms with Crippen molar-refractivity contribution in [3.8, 4) is 0 Å². The maximum atomic E-state index is 10.3. The lowest BCUT2D eigenvalue weighted by Crippen LogP contribution is -2.26. The molecule has 0 spiro atoms. The number of hydrogen-bond acceptors (Lipinski definition) is 2. The molecule has 3 nitrogen and oxygen atoms in total. The van der Waals surface area contributed by atoms with Gasteiger partial charge in [0.2, 0.25) is 0 Å². The van der Waals surface area contributed by atoms with Crippen LogP contribution in [-0.2, 0) is 7.05 Å². The molecule has 3 heteroatoms. The molecular formula is C13H22N2O. The summed E-state index contributed by atoms with van der Waals surface area (Å²) in [5.74, 6) is 1.19. The quantitative estimate of drug-likeness (QED) is 0.835. The van der Waals surface area contributed by atoms with E-state index in [0.717, 1.165) is 18.7 Å². The molecular weight excluding hydrogens is 200 g/mol. The summed E-state index contributed by atoms with van der Waals surface area (Å²) in [4.78, 5) is 4.24. The zero-order chi connectivity index (χ0) is 11.8. The van der Waals surface area contributed by atoms with Crippen molar-refractivity contribution in [1.82, 2.24) is 9.55 Å². The highest BCUT2D eigenvalue weighted by atomic mass is 16.3. The fourth-order valence-corrected chi connectivity index (χ4v) is 2.61. The molecule has 0 radical (unpaired) electrons. The van der Waals surface area contributed by atoms with Crippen molar-refractivity contribution < 1.29 is 5.11 Å². The molecule has 1 saturated carbocycles. The maximum Gasteiger partial charge on any atom is 0.137 e. The van der Waals surface area contributed by atoms with E-state index in [9.17, 15) is 5.11 Å². The predicted molar refractivity (Wildman–Crippen MR) is 63.9 cm³/mol. The van der Waals surface area contributed by atoms with Crippen LogP contribution in [-0.4, -0.2) is 14.7 Å². The van der Waals surface area contributed by atoms with Crippen molar-refractivity contribution in [3.63, 3.8) is 0 Å². The Labute approximate surface area is 97.5 Å². The summed E-state index contributed by atoms with van der Waals surface area (Å²) in [6.45, 7) is 4.63. The van der Waals surface area contributed by atoms with Crippen molar-refractivity contribution in [2.45, 2.75) is 45.6 Å². The van der Waals surface area contributed by atoms with E-state index in [1.807, 2.05) is 17.8 Å². The fourth-order valence-electron chi connectivity index (χ4n) is 2.61. The van der Waals surface area contributed by atoms with Crippen LogP contribution >= 0.6 is 0 Å². The minimum Gasteiger partial charge on any atom is -0.385 e. The smallest absolute Gasteiger partial charge is 0.137 e. The second kappa shape index (κ2) is 4.21. The Hall–Kier alpha value is -0.830. The summed E-state index contributed by atoms with van der Waals surface area (Å²) in [5.41, 5.74) is 0.456. The molecule has 1 heterocycles. The van der Waals surface area contributed by atoms with Gasteiger partial charge in [0, 0.05) is 19.4 Å². The molecule has 1 aromatic rings. The van der Waals surface area contributed by atoms with Crippen LogP contribution in [0, 0.1) is 11.3 Å². The molecule has 0 bridgehead atoms. The molecule has 2 rings (SSSR count). The average molecular weight is 222 g/mol. The van der Waals surface area contributed by atoms with Gasteiger partial charge >= 0.3 is 0 Å². The van der Waals surface area contributed by atoms with Gasteiger partial charge < -0.3 is 9.67 Å². The first-order valence-electron chi connectivity index (χ1n) is 6.15. The van der Waals surface area contributed by atoms with Crippen LogP contribution < -0.4 is 0 Å². The summed E-state index contributed by atoms with van der Waals surface area (Å²) in [7, 11) is 1.94. The zero-order valence-electron chi connectivity index (χ0n) is 10.5. The number of aromatic nitrogens is 2. The zero-order valence-corrected chi connectivity index (χ0v) is 10.5. The van der Waals surface area contributed by atoms with Gasteiger partial charge in [-0.1, -0.05) is 13.8 Å². The number of imidazole rings is 1. The van der Waals surface area contributed by atoms with Gasteiger partial charge in [0.05, 0.1) is 0 Å². The van der Waals surface area contributed by atoms with Crippen LogP contribution in [0.5, 0.6) is 0 Å². The molecule has 1 N–H and O–H groups in total. The second-order valence-electron chi connectivity index (χ2n) is 5.84. The van der Waals surface area contributed by atoms with E-state index >= 15 is 0 Å². The van der Waals surface area contributed by atoms with E-state index in [1.165, 1.54) is 12.8 Å². The molecule has 1 aliphatic carbocycles. The molecule has 1 atom stereocenters. The first-order valence-corrected chi connectivity index (χ1v) is 6.15. The van der Waals surface area contributed by atoms with Gasteiger partial charge in [-0.3, -0.25) is 0 Å². The SMILES string of the molecule is Cn1ccnc1C(O)C1CCC(C)(C)CC1. The van der Waals surface area contributed by atoms with E-state index in [-0.39, 0.29) is 0 Å². The minimum atomic E-state index is -0.393. The Morgan fingerprint density at radius 2 is 2.06 bits per heavy atom. The molecule has 0 saturated heterocycles. The highest BCUT2D eigenvalue weighted by molar-refractivity contribution is 4.98. The number of rotatable bonds is 2. The summed E-state index contributed by atoms with van der Waals surface area (Å²) in [6.07, 6.45) is 7.90. The Balaban J connectivity index is 2.02. The van der Waals surface area contributed by atoms with E-state index in [1.54, 1.807) is 6.20 Å². The van der Waals surface area contributed by atoms with Gasteiger partial charge in [0.1, 0.15) is 11.9 Å². The predicted octanol–water partition coefficient (Wildman–Crippen LogP) is 2.67. The Bertz CT molecular complexity index is 347. The Morgan fingerprint density at radius 3 is 2.56 bits per heavy atom. The van der Waals surface area contributed by atoms with Gasteiger partial charge in [0.15, 0.2) is 0 Å². The molecule has 0 aromatic carbocycles. The lowest BCUT2D eigenvalue weighted by molar-refractivity contribution is 0.0489. The molecule has 0 aliphatic heterocycles. The highest BCUT2D eigenvalue weighted by Gasteiger charge is 2.32. The normalized spacial score (nSPS) is 23.2. The molecule has 1 aliphatic rings. The summed E-state index contributed by atoms with van der Waals surface area (Å²) in [6, 6.07) is 0. The highest BCUT2D eigenvalue weighted by Crippen LogP contribution is 2.42. The van der Waals surface area contributed by atoms with E-state index in [0.29, 0.717) is 11.3 Å². The Kier molecular flexibility index (Phi) is 3.06. The van der Waals surface area contributed by atoms with Crippen LogP contribution in [0.4, 0.5) is 0 Å². The van der Waals surface area contributed by atoms with Crippen LogP contribution in [0.1, 0.15) is 51.5 Å². The lowest BCUT2D eigenvalue weighted by Gasteiger charge is -2.36. The van der Waals surface area contributed by atoms with Crippen LogP contribution in [0.25, 0.3) is 0 Å². The summed E-state index contributed by atoms with van der Waals surface area (Å²) in [5, 5.41) is 10.3. The minimum absolute atomic E-state index is 0.383. The third-order valence-electron chi connectivity index (χ3n) is 3.95. The summed E-state index contributed by atoms with van der Waals surface area (Å²) < 4.78 is 1.92. The van der Waals surface area contributed by atoms with E-state index in [4.69, 9.17) is 0 Å². The molecule has 1 aromatic heterocycles. The van der Waals surface area contributed by atoms with Crippen LogP contribution in [0.2, 0.25) is 0 Å². The van der Waals surface area contributed by atoms with Gasteiger partial charge in [-0.25, -0.2) is 4.98 Å². The average Bonchev–Trinajstić information content (AvgIpc) is 2.63. The molecule has 1 unspecified atom stereocenters. The van der Waals surface area contributed by atoms with Crippen molar-refractivity contribution in [2.24, 2.45) is 18.4 Å². The Morgan fingerprint density at radius 1 is 1.44 bits per heavy atom. The van der Waals surface area contributed by atoms with Crippen LogP contribution in [0.15, 0.2) is 12.4 Å². The van der Waals surface area contributed by atoms with Crippen molar-refractivity contribution >= 4 is 0 Å². The van der Waals surface area contributed by atoms with Crippen molar-refractivity contribution in [2.75, 3.05) is 0 Å². The number of nitrogens with zero attached hydrogens (tertiary/aromatic N) is 2. The van der Waals surface area contributed by atoms with Crippen LogP contribution in [0.3, 0.4) is 0 Å². The largest absolute Gasteiger partial charge is 0.385 e. The number of hydrogen-bond donors (Lipinski definition) is 1. The number of aryl methyl sites for hydroxylation is 1. The standard InChI is InChI=1S/C13H22N2O/c1-13(2)6-4-10(5-7-13)11(16)12-14-8-9-15(12)3/h8-11,16H,4-7H2,1-3H3. The number of aliphatic hydroxyl groups excluding tert-OH is 1. The van der Waals surface area contributed by atoms with E-state index < -0.39 is 6.10 Å². The topological polar surface area (TPSA) is 38.0 Å². The van der Waals surface area contributed by atoms with E-state index in [2.05, 4.69) is 18.8 Å². The molecule has 1 fully saturated rings. The third kappa shape index (κ3) is 2.29. The van der Waals surface area contributed by atoms with Gasteiger partial charge in [-0.05, 0) is 37.0 Å². The molecule has 0 amide bonds. The first-order chi connectivity index (χ1) is 7.49. The lowest BCUT2D eigenvalue weighted by atomic mass is 9.71. The third-order valence-corrected chi connectivity index (χ3v) is 3.95. The first kappa shape index (κ1) is 11.6.